The van der Waals surface area contributed by atoms with Crippen molar-refractivity contribution in [3.05, 3.63) is 77.4 Å². The third kappa shape index (κ3) is 3.16. The van der Waals surface area contributed by atoms with Crippen molar-refractivity contribution in [2.45, 2.75) is 19.0 Å². The molecule has 7 nitrogen and oxygen atoms in total. The molecule has 29 heavy (non-hydrogen) atoms. The summed E-state index contributed by atoms with van der Waals surface area (Å²) in [6.07, 6.45) is 0. The fourth-order valence-electron chi connectivity index (χ4n) is 3.60. The van der Waals surface area contributed by atoms with Gasteiger partial charge in [-0.1, -0.05) is 36.4 Å². The van der Waals surface area contributed by atoms with Crippen LogP contribution in [-0.2, 0) is 16.9 Å². The van der Waals surface area contributed by atoms with Gasteiger partial charge in [0.05, 0.1) is 6.54 Å². The average Bonchev–Trinajstić information content (AvgIpc) is 2.91. The van der Waals surface area contributed by atoms with Crippen molar-refractivity contribution in [2.24, 2.45) is 5.73 Å². The fraction of sp³-hybridized carbons (Fsp3) is 0.136. The number of rotatable bonds is 4. The van der Waals surface area contributed by atoms with Crippen LogP contribution >= 0.6 is 0 Å². The summed E-state index contributed by atoms with van der Waals surface area (Å²) in [7, 11) is 0. The Morgan fingerprint density at radius 3 is 2.41 bits per heavy atom. The Morgan fingerprint density at radius 2 is 1.72 bits per heavy atom. The second-order valence-corrected chi connectivity index (χ2v) is 7.38. The number of urea groups is 1. The summed E-state index contributed by atoms with van der Waals surface area (Å²) in [5, 5.41) is 12.3. The van der Waals surface area contributed by atoms with Gasteiger partial charge in [-0.3, -0.25) is 15.1 Å². The van der Waals surface area contributed by atoms with E-state index in [-0.39, 0.29) is 18.3 Å². The molecule has 1 fully saturated rings. The number of fused-ring (bicyclic) bond motifs is 1. The number of imide groups is 1. The number of nitrogens with one attached hydrogen (secondary N) is 2. The number of carbonyl (C=O) groups excluding carboxylic acids is 2. The minimum atomic E-state index is -1.14. The van der Waals surface area contributed by atoms with E-state index in [1.165, 1.54) is 4.90 Å². The lowest BCUT2D eigenvalue weighted by Crippen LogP contribution is -2.40. The molecule has 1 unspecified atom stereocenters. The number of nitrogens with two attached hydrogens (primary N) is 2. The third-order valence-electron chi connectivity index (χ3n) is 5.32. The quantitative estimate of drug-likeness (QED) is 0.238. The van der Waals surface area contributed by atoms with Gasteiger partial charge in [0.15, 0.2) is 0 Å². The number of nitrogens with zero attached hydrogens (tertiary/aromatic N) is 1. The summed E-state index contributed by atoms with van der Waals surface area (Å²) in [6.45, 7) is 1.84. The van der Waals surface area contributed by atoms with Crippen molar-refractivity contribution in [1.82, 2.24) is 10.2 Å². The van der Waals surface area contributed by atoms with E-state index in [2.05, 4.69) is 5.32 Å². The minimum absolute atomic E-state index is 0.00864. The second kappa shape index (κ2) is 6.63. The van der Waals surface area contributed by atoms with E-state index in [1.54, 1.807) is 37.3 Å². The maximum Gasteiger partial charge on any atom is 0.325 e. The van der Waals surface area contributed by atoms with Crippen LogP contribution < -0.4 is 16.8 Å². The van der Waals surface area contributed by atoms with Crippen molar-refractivity contribution >= 4 is 34.2 Å². The molecule has 0 aromatic heterocycles. The summed E-state index contributed by atoms with van der Waals surface area (Å²) < 4.78 is 0. The van der Waals surface area contributed by atoms with Crippen LogP contribution in [0.3, 0.4) is 0 Å². The summed E-state index contributed by atoms with van der Waals surface area (Å²) in [5.74, 6) is -0.324. The van der Waals surface area contributed by atoms with Gasteiger partial charge < -0.3 is 16.8 Å². The van der Waals surface area contributed by atoms with E-state index >= 15 is 0 Å². The summed E-state index contributed by atoms with van der Waals surface area (Å²) in [6, 6.07) is 17.7. The Bertz CT molecular complexity index is 1160. The van der Waals surface area contributed by atoms with E-state index in [0.29, 0.717) is 16.8 Å². The number of amidine groups is 1. The van der Waals surface area contributed by atoms with Crippen molar-refractivity contribution < 1.29 is 9.59 Å². The molecule has 1 aliphatic rings. The largest absolute Gasteiger partial charge is 0.399 e. The highest BCUT2D eigenvalue weighted by atomic mass is 16.2. The van der Waals surface area contributed by atoms with Gasteiger partial charge in [0.1, 0.15) is 11.4 Å². The highest BCUT2D eigenvalue weighted by molar-refractivity contribution is 6.07. The second-order valence-electron chi connectivity index (χ2n) is 7.38. The molecule has 1 saturated heterocycles. The maximum atomic E-state index is 13.1. The van der Waals surface area contributed by atoms with Crippen LogP contribution in [0.25, 0.3) is 10.8 Å². The number of amides is 3. The first-order valence-electron chi connectivity index (χ1n) is 9.15. The average molecular weight is 387 g/mol. The Labute approximate surface area is 167 Å². The summed E-state index contributed by atoms with van der Waals surface area (Å²) in [4.78, 5) is 26.9. The molecule has 1 heterocycles. The van der Waals surface area contributed by atoms with Crippen molar-refractivity contribution in [1.29, 1.82) is 5.41 Å². The summed E-state index contributed by atoms with van der Waals surface area (Å²) in [5.41, 5.74) is 12.9. The van der Waals surface area contributed by atoms with Crippen LogP contribution in [0.2, 0.25) is 0 Å². The van der Waals surface area contributed by atoms with Crippen LogP contribution in [0.4, 0.5) is 10.5 Å². The Morgan fingerprint density at radius 1 is 1.03 bits per heavy atom. The van der Waals surface area contributed by atoms with Gasteiger partial charge in [-0.25, -0.2) is 4.79 Å². The zero-order valence-corrected chi connectivity index (χ0v) is 15.9. The third-order valence-corrected chi connectivity index (χ3v) is 5.32. The Hall–Kier alpha value is -3.87. The zero-order valence-electron chi connectivity index (χ0n) is 15.9. The highest BCUT2D eigenvalue weighted by Crippen LogP contribution is 2.30. The van der Waals surface area contributed by atoms with Gasteiger partial charge in [0.25, 0.3) is 5.91 Å². The van der Waals surface area contributed by atoms with Crippen molar-refractivity contribution in [2.75, 3.05) is 5.73 Å². The standard InChI is InChI=1S/C22H21N5O2/c1-22(17-6-8-18(23)9-7-17)20(28)27(21(29)26-22)12-13-2-3-14-4-5-15(19(24)25)11-16(14)10-13/h2-11H,12,23H2,1H3,(H3,24,25)(H,26,29). The molecule has 3 aromatic rings. The first kappa shape index (κ1) is 18.5. The van der Waals surface area contributed by atoms with E-state index in [9.17, 15) is 9.59 Å². The number of nitrogen functional groups attached to an aromatic ring is 2. The molecule has 0 radical (unpaired) electrons. The molecule has 3 amide bonds. The fourth-order valence-corrected chi connectivity index (χ4v) is 3.60. The molecule has 7 heteroatoms. The lowest BCUT2D eigenvalue weighted by Gasteiger charge is -2.22. The highest BCUT2D eigenvalue weighted by Gasteiger charge is 2.48. The number of benzene rings is 3. The molecule has 4 rings (SSSR count). The van der Waals surface area contributed by atoms with Gasteiger partial charge in [-0.2, -0.15) is 0 Å². The molecule has 6 N–H and O–H groups in total. The topological polar surface area (TPSA) is 125 Å². The van der Waals surface area contributed by atoms with E-state index < -0.39 is 11.6 Å². The molecular weight excluding hydrogens is 366 g/mol. The normalized spacial score (nSPS) is 18.9. The number of hydrogen-bond donors (Lipinski definition) is 4. The maximum absolute atomic E-state index is 13.1. The zero-order chi connectivity index (χ0) is 20.8. The van der Waals surface area contributed by atoms with Crippen LogP contribution in [0.15, 0.2) is 60.7 Å². The van der Waals surface area contributed by atoms with Crippen molar-refractivity contribution in [3.8, 4) is 0 Å². The Kier molecular flexibility index (Phi) is 4.23. The predicted molar refractivity (Wildman–Crippen MR) is 112 cm³/mol. The monoisotopic (exact) mass is 387 g/mol. The van der Waals surface area contributed by atoms with Gasteiger partial charge in [-0.05, 0) is 53.1 Å². The molecule has 1 atom stereocenters. The molecular formula is C22H21N5O2. The molecule has 0 spiro atoms. The Balaban J connectivity index is 1.63. The summed E-state index contributed by atoms with van der Waals surface area (Å²) >= 11 is 0. The first-order valence-corrected chi connectivity index (χ1v) is 9.15. The van der Waals surface area contributed by atoms with Crippen LogP contribution in [-0.4, -0.2) is 22.7 Å². The van der Waals surface area contributed by atoms with Crippen LogP contribution in [0.5, 0.6) is 0 Å². The number of hydrogen-bond acceptors (Lipinski definition) is 4. The van der Waals surface area contributed by atoms with Gasteiger partial charge in [0, 0.05) is 11.3 Å². The SMILES string of the molecule is CC1(c2ccc(N)cc2)NC(=O)N(Cc2ccc3ccc(C(=N)N)cc3c2)C1=O. The van der Waals surface area contributed by atoms with Gasteiger partial charge >= 0.3 is 6.03 Å². The lowest BCUT2D eigenvalue weighted by molar-refractivity contribution is -0.131. The molecule has 1 aliphatic heterocycles. The smallest absolute Gasteiger partial charge is 0.325 e. The van der Waals surface area contributed by atoms with Gasteiger partial charge in [-0.15, -0.1) is 0 Å². The molecule has 0 bridgehead atoms. The predicted octanol–water partition coefficient (Wildman–Crippen LogP) is 2.67. The van der Waals surface area contributed by atoms with E-state index in [0.717, 1.165) is 16.3 Å². The number of anilines is 1. The molecule has 0 saturated carbocycles. The molecule has 3 aromatic carbocycles. The number of carbonyl (C=O) groups is 2. The lowest BCUT2D eigenvalue weighted by atomic mass is 9.92. The first-order chi connectivity index (χ1) is 13.8. The van der Waals surface area contributed by atoms with Gasteiger partial charge in [0.2, 0.25) is 0 Å². The molecule has 146 valence electrons. The van der Waals surface area contributed by atoms with E-state index in [1.807, 2.05) is 30.3 Å². The van der Waals surface area contributed by atoms with Crippen LogP contribution in [0, 0.1) is 5.41 Å². The molecule has 0 aliphatic carbocycles. The van der Waals surface area contributed by atoms with Crippen LogP contribution in [0.1, 0.15) is 23.6 Å². The van der Waals surface area contributed by atoms with Crippen molar-refractivity contribution in [3.63, 3.8) is 0 Å². The minimum Gasteiger partial charge on any atom is -0.399 e. The van der Waals surface area contributed by atoms with E-state index in [4.69, 9.17) is 16.9 Å².